The molecule has 0 saturated carbocycles. The number of nitrogens with zero attached hydrogens (tertiary/aromatic N) is 2. The minimum atomic E-state index is -0.0168. The molecule has 4 aromatic rings. The molecule has 5 heteroatoms. The topological polar surface area (TPSA) is 34.9 Å². The van der Waals surface area contributed by atoms with E-state index in [-0.39, 0.29) is 10.6 Å². The van der Waals surface area contributed by atoms with Crippen molar-refractivity contribution in [3.05, 3.63) is 75.5 Å². The summed E-state index contributed by atoms with van der Waals surface area (Å²) in [7, 11) is 0. The Morgan fingerprint density at radius 2 is 1.78 bits per heavy atom. The predicted octanol–water partition coefficient (Wildman–Crippen LogP) is 4.40. The van der Waals surface area contributed by atoms with Gasteiger partial charge in [-0.15, -0.1) is 11.6 Å². The van der Waals surface area contributed by atoms with Crippen LogP contribution >= 0.6 is 22.9 Å². The van der Waals surface area contributed by atoms with Crippen LogP contribution in [0.2, 0.25) is 0 Å². The van der Waals surface area contributed by atoms with Crippen molar-refractivity contribution >= 4 is 44.1 Å². The van der Waals surface area contributed by atoms with Gasteiger partial charge in [0.05, 0.1) is 11.4 Å². The molecule has 0 fully saturated rings. The maximum Gasteiger partial charge on any atom is 0.260 e. The van der Waals surface area contributed by atoms with E-state index >= 15 is 0 Å². The van der Waals surface area contributed by atoms with Gasteiger partial charge in [0, 0.05) is 16.6 Å². The molecule has 3 nitrogen and oxygen atoms in total. The van der Waals surface area contributed by atoms with Crippen LogP contribution in [0.3, 0.4) is 0 Å². The molecule has 0 atom stereocenters. The molecule has 2 aromatic carbocycles. The van der Waals surface area contributed by atoms with E-state index in [0.717, 1.165) is 27.0 Å². The zero-order valence-electron chi connectivity index (χ0n) is 12.2. The lowest BCUT2D eigenvalue weighted by atomic mass is 10.2. The van der Waals surface area contributed by atoms with Crippen LogP contribution in [0.25, 0.3) is 21.1 Å². The molecule has 114 valence electrons. The van der Waals surface area contributed by atoms with Crippen LogP contribution < -0.4 is 4.74 Å². The molecule has 0 aliphatic carbocycles. The summed E-state index contributed by atoms with van der Waals surface area (Å²) in [5.74, 6) is 1.01. The number of halogens is 1. The Kier molecular flexibility index (Phi) is 3.63. The molecule has 0 spiro atoms. The molecule has 2 heterocycles. The second kappa shape index (κ2) is 5.80. The molecule has 0 N–H and O–H groups in total. The summed E-state index contributed by atoms with van der Waals surface area (Å²) >= 11 is 7.33. The largest absolute Gasteiger partial charge is 0.322 e. The van der Waals surface area contributed by atoms with Crippen LogP contribution in [0.15, 0.2) is 59.4 Å². The van der Waals surface area contributed by atoms with E-state index < -0.39 is 0 Å². The molecule has 0 unspecified atom stereocenters. The van der Waals surface area contributed by atoms with Crippen LogP contribution in [0.5, 0.6) is 0 Å². The molecule has 4 rings (SSSR count). The van der Waals surface area contributed by atoms with Crippen LogP contribution in [0, 0.1) is 0 Å². The third-order valence-corrected chi connectivity index (χ3v) is 5.08. The number of alkyl halides is 1. The first kappa shape index (κ1) is 14.4. The molecule has 0 radical (unpaired) electrons. The van der Waals surface area contributed by atoms with Crippen molar-refractivity contribution in [1.29, 1.82) is 0 Å². The average molecular weight is 341 g/mol. The van der Waals surface area contributed by atoms with Gasteiger partial charge in [0.25, 0.3) is 4.74 Å². The smallest absolute Gasteiger partial charge is 0.260 e. The molecule has 23 heavy (non-hydrogen) atoms. The second-order valence-corrected chi connectivity index (χ2v) is 6.60. The van der Waals surface area contributed by atoms with E-state index in [4.69, 9.17) is 11.6 Å². The SMILES string of the molecule is O=c1sc2ccccc2c2c1nc(CCl)n2Cc1ccccc1. The Morgan fingerprint density at radius 1 is 1.04 bits per heavy atom. The minimum Gasteiger partial charge on any atom is -0.322 e. The van der Waals surface area contributed by atoms with E-state index in [2.05, 4.69) is 21.7 Å². The highest BCUT2D eigenvalue weighted by Crippen LogP contribution is 2.27. The van der Waals surface area contributed by atoms with Crippen molar-refractivity contribution in [3.8, 4) is 0 Å². The number of aromatic nitrogens is 2. The monoisotopic (exact) mass is 340 g/mol. The molecule has 0 saturated heterocycles. The predicted molar refractivity (Wildman–Crippen MR) is 96.5 cm³/mol. The van der Waals surface area contributed by atoms with Gasteiger partial charge in [-0.2, -0.15) is 0 Å². The summed E-state index contributed by atoms with van der Waals surface area (Å²) in [6.07, 6.45) is 0. The third-order valence-electron chi connectivity index (χ3n) is 3.89. The van der Waals surface area contributed by atoms with Gasteiger partial charge in [-0.3, -0.25) is 4.79 Å². The highest BCUT2D eigenvalue weighted by molar-refractivity contribution is 7.16. The maximum atomic E-state index is 12.4. The first-order valence-corrected chi connectivity index (χ1v) is 8.64. The lowest BCUT2D eigenvalue weighted by Crippen LogP contribution is -2.04. The Hall–Kier alpha value is -2.17. The molecule has 0 aliphatic heterocycles. The summed E-state index contributed by atoms with van der Waals surface area (Å²) in [4.78, 5) is 16.9. The van der Waals surface area contributed by atoms with E-state index in [1.807, 2.05) is 42.5 Å². The van der Waals surface area contributed by atoms with Crippen molar-refractivity contribution in [1.82, 2.24) is 9.55 Å². The average Bonchev–Trinajstić information content (AvgIpc) is 2.95. The Bertz CT molecular complexity index is 1050. The van der Waals surface area contributed by atoms with Gasteiger partial charge >= 0.3 is 0 Å². The number of rotatable bonds is 3. The van der Waals surface area contributed by atoms with Gasteiger partial charge in [-0.05, 0) is 11.6 Å². The number of fused-ring (bicyclic) bond motifs is 3. The van der Waals surface area contributed by atoms with Gasteiger partial charge in [0.1, 0.15) is 11.3 Å². The summed E-state index contributed by atoms with van der Waals surface area (Å²) in [5, 5.41) is 1.05. The summed E-state index contributed by atoms with van der Waals surface area (Å²) in [5.41, 5.74) is 2.55. The van der Waals surface area contributed by atoms with E-state index in [9.17, 15) is 4.79 Å². The van der Waals surface area contributed by atoms with Crippen LogP contribution in [0.1, 0.15) is 11.4 Å². The van der Waals surface area contributed by atoms with Crippen molar-refractivity contribution < 1.29 is 0 Å². The van der Waals surface area contributed by atoms with Gasteiger partial charge in [-0.25, -0.2) is 4.98 Å². The van der Waals surface area contributed by atoms with Gasteiger partial charge in [0.2, 0.25) is 0 Å². The van der Waals surface area contributed by atoms with Gasteiger partial charge < -0.3 is 4.57 Å². The zero-order valence-corrected chi connectivity index (χ0v) is 13.8. The van der Waals surface area contributed by atoms with Gasteiger partial charge in [-0.1, -0.05) is 59.9 Å². The van der Waals surface area contributed by atoms with Crippen LogP contribution in [0.4, 0.5) is 0 Å². The molecule has 0 aliphatic rings. The molecular weight excluding hydrogens is 328 g/mol. The molecule has 0 amide bonds. The third kappa shape index (κ3) is 2.44. The lowest BCUT2D eigenvalue weighted by Gasteiger charge is -2.09. The van der Waals surface area contributed by atoms with Crippen LogP contribution in [-0.2, 0) is 12.4 Å². The van der Waals surface area contributed by atoms with E-state index in [1.165, 1.54) is 11.3 Å². The molecular formula is C18H13ClN2OS. The first-order chi connectivity index (χ1) is 11.3. The van der Waals surface area contributed by atoms with Gasteiger partial charge in [0.15, 0.2) is 0 Å². The Balaban J connectivity index is 2.06. The number of hydrogen-bond acceptors (Lipinski definition) is 3. The summed E-state index contributed by atoms with van der Waals surface area (Å²) in [6, 6.07) is 18.1. The van der Waals surface area contributed by atoms with Crippen molar-refractivity contribution in [2.45, 2.75) is 12.4 Å². The Morgan fingerprint density at radius 3 is 2.57 bits per heavy atom. The Labute approximate surface area is 141 Å². The summed E-state index contributed by atoms with van der Waals surface area (Å²) in [6.45, 7) is 0.650. The normalized spacial score (nSPS) is 11.3. The highest BCUT2D eigenvalue weighted by Gasteiger charge is 2.16. The van der Waals surface area contributed by atoms with Crippen LogP contribution in [-0.4, -0.2) is 9.55 Å². The number of benzene rings is 2. The second-order valence-electron chi connectivity index (χ2n) is 5.32. The molecule has 0 bridgehead atoms. The number of imidazole rings is 1. The van der Waals surface area contributed by atoms with E-state index in [1.54, 1.807) is 0 Å². The van der Waals surface area contributed by atoms with Crippen molar-refractivity contribution in [2.75, 3.05) is 0 Å². The maximum absolute atomic E-state index is 12.4. The fourth-order valence-corrected chi connectivity index (χ4v) is 3.92. The minimum absolute atomic E-state index is 0.0168. The first-order valence-electron chi connectivity index (χ1n) is 7.29. The summed E-state index contributed by atoms with van der Waals surface area (Å²) < 4.78 is 3.02. The lowest BCUT2D eigenvalue weighted by molar-refractivity contribution is 0.780. The van der Waals surface area contributed by atoms with E-state index in [0.29, 0.717) is 12.1 Å². The number of hydrogen-bond donors (Lipinski definition) is 0. The standard InChI is InChI=1S/C18H13ClN2OS/c19-10-15-20-16-17(21(15)11-12-6-2-1-3-7-12)13-8-4-5-9-14(13)23-18(16)22/h1-9H,10-11H2. The van der Waals surface area contributed by atoms with Crippen molar-refractivity contribution in [2.24, 2.45) is 0 Å². The fraction of sp³-hybridized carbons (Fsp3) is 0.111. The highest BCUT2D eigenvalue weighted by atomic mass is 35.5. The fourth-order valence-electron chi connectivity index (χ4n) is 2.85. The van der Waals surface area contributed by atoms with Crippen molar-refractivity contribution in [3.63, 3.8) is 0 Å². The molecule has 2 aromatic heterocycles. The quantitative estimate of drug-likeness (QED) is 0.518. The zero-order chi connectivity index (χ0) is 15.8.